The van der Waals surface area contributed by atoms with E-state index in [-0.39, 0.29) is 5.69 Å². The molecule has 1 aliphatic rings. The van der Waals surface area contributed by atoms with Gasteiger partial charge < -0.3 is 5.32 Å². The SMILES string of the molecule is Cn1nc(C2CCCC2)cc1NC(=O)c1ccnn1CC(F)F. The van der Waals surface area contributed by atoms with E-state index in [2.05, 4.69) is 15.5 Å². The van der Waals surface area contributed by atoms with Crippen LogP contribution in [-0.2, 0) is 13.6 Å². The number of aryl methyl sites for hydroxylation is 1. The molecule has 1 aliphatic carbocycles. The van der Waals surface area contributed by atoms with E-state index in [0.29, 0.717) is 11.7 Å². The summed E-state index contributed by atoms with van der Waals surface area (Å²) in [5.74, 6) is 0.530. The van der Waals surface area contributed by atoms with Gasteiger partial charge in [-0.1, -0.05) is 12.8 Å². The van der Waals surface area contributed by atoms with E-state index in [0.717, 1.165) is 23.2 Å². The van der Waals surface area contributed by atoms with Crippen molar-refractivity contribution in [3.63, 3.8) is 0 Å². The number of carbonyl (C=O) groups excluding carboxylic acids is 1. The van der Waals surface area contributed by atoms with Crippen LogP contribution < -0.4 is 5.32 Å². The molecule has 2 aromatic rings. The molecule has 1 N–H and O–H groups in total. The van der Waals surface area contributed by atoms with Crippen LogP contribution in [0.5, 0.6) is 0 Å². The first kappa shape index (κ1) is 15.6. The minimum Gasteiger partial charge on any atom is -0.305 e. The second kappa shape index (κ2) is 6.47. The van der Waals surface area contributed by atoms with E-state index in [1.807, 2.05) is 6.07 Å². The Morgan fingerprint density at radius 1 is 1.43 bits per heavy atom. The van der Waals surface area contributed by atoms with E-state index in [1.165, 1.54) is 25.1 Å². The Kier molecular flexibility index (Phi) is 4.40. The monoisotopic (exact) mass is 323 g/mol. The van der Waals surface area contributed by atoms with Crippen LogP contribution in [0, 0.1) is 0 Å². The maximum Gasteiger partial charge on any atom is 0.275 e. The van der Waals surface area contributed by atoms with Crippen molar-refractivity contribution in [3.05, 3.63) is 29.7 Å². The predicted molar refractivity (Wildman–Crippen MR) is 80.6 cm³/mol. The van der Waals surface area contributed by atoms with Crippen LogP contribution in [0.1, 0.15) is 47.8 Å². The Balaban J connectivity index is 1.74. The first-order valence-corrected chi connectivity index (χ1v) is 7.70. The number of amides is 1. The second-order valence-electron chi connectivity index (χ2n) is 5.80. The van der Waals surface area contributed by atoms with Gasteiger partial charge in [-0.25, -0.2) is 8.78 Å². The fourth-order valence-electron chi connectivity index (χ4n) is 3.01. The molecule has 0 spiro atoms. The lowest BCUT2D eigenvalue weighted by atomic mass is 10.0. The van der Waals surface area contributed by atoms with E-state index in [1.54, 1.807) is 11.7 Å². The smallest absolute Gasteiger partial charge is 0.275 e. The van der Waals surface area contributed by atoms with Crippen molar-refractivity contribution in [2.45, 2.75) is 44.6 Å². The number of hydrogen-bond donors (Lipinski definition) is 1. The maximum atomic E-state index is 12.5. The molecule has 1 fully saturated rings. The Labute approximate surface area is 132 Å². The molecule has 23 heavy (non-hydrogen) atoms. The van der Waals surface area contributed by atoms with Gasteiger partial charge in [0.2, 0.25) is 0 Å². The molecular formula is C15H19F2N5O. The number of carbonyl (C=O) groups is 1. The summed E-state index contributed by atoms with van der Waals surface area (Å²) in [5, 5.41) is 10.9. The summed E-state index contributed by atoms with van der Waals surface area (Å²) in [6, 6.07) is 3.29. The lowest BCUT2D eigenvalue weighted by Gasteiger charge is -2.07. The molecule has 124 valence electrons. The van der Waals surface area contributed by atoms with Crippen LogP contribution >= 0.6 is 0 Å². The normalized spacial score (nSPS) is 15.5. The quantitative estimate of drug-likeness (QED) is 0.920. The Bertz CT molecular complexity index is 688. The molecule has 2 aromatic heterocycles. The summed E-state index contributed by atoms with van der Waals surface area (Å²) in [4.78, 5) is 12.3. The molecule has 3 rings (SSSR count). The number of aromatic nitrogens is 4. The number of anilines is 1. The first-order valence-electron chi connectivity index (χ1n) is 7.70. The molecule has 0 aliphatic heterocycles. The highest BCUT2D eigenvalue weighted by atomic mass is 19.3. The van der Waals surface area contributed by atoms with Gasteiger partial charge in [-0.3, -0.25) is 14.2 Å². The van der Waals surface area contributed by atoms with E-state index >= 15 is 0 Å². The van der Waals surface area contributed by atoms with Crippen molar-refractivity contribution < 1.29 is 13.6 Å². The van der Waals surface area contributed by atoms with Crippen LogP contribution in [-0.4, -0.2) is 31.9 Å². The zero-order chi connectivity index (χ0) is 16.4. The van der Waals surface area contributed by atoms with Gasteiger partial charge >= 0.3 is 0 Å². The van der Waals surface area contributed by atoms with E-state index in [9.17, 15) is 13.6 Å². The molecule has 0 bridgehead atoms. The predicted octanol–water partition coefficient (Wildman–Crippen LogP) is 2.79. The molecule has 0 aromatic carbocycles. The molecule has 8 heteroatoms. The average molecular weight is 323 g/mol. The van der Waals surface area contributed by atoms with Crippen molar-refractivity contribution in [2.24, 2.45) is 7.05 Å². The van der Waals surface area contributed by atoms with Crippen molar-refractivity contribution >= 4 is 11.7 Å². The van der Waals surface area contributed by atoms with Crippen molar-refractivity contribution in [2.75, 3.05) is 5.32 Å². The summed E-state index contributed by atoms with van der Waals surface area (Å²) in [5.41, 5.74) is 1.08. The molecule has 1 amide bonds. The highest BCUT2D eigenvalue weighted by Gasteiger charge is 2.22. The third-order valence-corrected chi connectivity index (χ3v) is 4.17. The van der Waals surface area contributed by atoms with Gasteiger partial charge in [-0.15, -0.1) is 0 Å². The Morgan fingerprint density at radius 2 is 2.17 bits per heavy atom. The fourth-order valence-corrected chi connectivity index (χ4v) is 3.01. The molecule has 2 heterocycles. The number of halogens is 2. The third kappa shape index (κ3) is 3.40. The summed E-state index contributed by atoms with van der Waals surface area (Å²) >= 11 is 0. The number of nitrogens with one attached hydrogen (secondary N) is 1. The van der Waals surface area contributed by atoms with Gasteiger partial charge in [0.1, 0.15) is 18.1 Å². The van der Waals surface area contributed by atoms with Crippen molar-refractivity contribution in [1.29, 1.82) is 0 Å². The second-order valence-corrected chi connectivity index (χ2v) is 5.80. The molecule has 0 radical (unpaired) electrons. The third-order valence-electron chi connectivity index (χ3n) is 4.17. The molecule has 6 nitrogen and oxygen atoms in total. The fraction of sp³-hybridized carbons (Fsp3) is 0.533. The summed E-state index contributed by atoms with van der Waals surface area (Å²) in [6.45, 7) is -0.603. The van der Waals surface area contributed by atoms with Crippen molar-refractivity contribution in [1.82, 2.24) is 19.6 Å². The van der Waals surface area contributed by atoms with Gasteiger partial charge in [0.15, 0.2) is 0 Å². The Hall–Kier alpha value is -2.25. The number of alkyl halides is 2. The largest absolute Gasteiger partial charge is 0.305 e. The van der Waals surface area contributed by atoms with Gasteiger partial charge in [0, 0.05) is 25.2 Å². The molecule has 0 atom stereocenters. The lowest BCUT2D eigenvalue weighted by molar-refractivity contribution is 0.0988. The molecule has 1 saturated carbocycles. The van der Waals surface area contributed by atoms with E-state index < -0.39 is 18.9 Å². The topological polar surface area (TPSA) is 64.7 Å². The van der Waals surface area contributed by atoms with Gasteiger partial charge in [0.05, 0.1) is 5.69 Å². The zero-order valence-corrected chi connectivity index (χ0v) is 12.9. The van der Waals surface area contributed by atoms with Crippen molar-refractivity contribution in [3.8, 4) is 0 Å². The number of rotatable bonds is 5. The standard InChI is InChI=1S/C15H19F2N5O/c1-21-14(8-11(20-21)10-4-2-3-5-10)19-15(23)12-6-7-18-22(12)9-13(16)17/h6-8,10,13H,2-5,9H2,1H3,(H,19,23). The molecular weight excluding hydrogens is 304 g/mol. The van der Waals surface area contributed by atoms with Crippen LogP contribution in [0.2, 0.25) is 0 Å². The number of nitrogens with zero attached hydrogens (tertiary/aromatic N) is 4. The zero-order valence-electron chi connectivity index (χ0n) is 12.9. The maximum absolute atomic E-state index is 12.5. The van der Waals surface area contributed by atoms with Crippen LogP contribution in [0.15, 0.2) is 18.3 Å². The molecule has 0 unspecified atom stereocenters. The van der Waals surface area contributed by atoms with Gasteiger partial charge in [0.25, 0.3) is 12.3 Å². The van der Waals surface area contributed by atoms with Crippen LogP contribution in [0.4, 0.5) is 14.6 Å². The van der Waals surface area contributed by atoms with Crippen LogP contribution in [0.3, 0.4) is 0 Å². The summed E-state index contributed by atoms with van der Waals surface area (Å²) in [6.07, 6.45) is 3.42. The minimum atomic E-state index is -2.56. The highest BCUT2D eigenvalue weighted by Crippen LogP contribution is 2.34. The highest BCUT2D eigenvalue weighted by molar-refractivity contribution is 6.02. The molecule has 0 saturated heterocycles. The first-order chi connectivity index (χ1) is 11.0. The lowest BCUT2D eigenvalue weighted by Crippen LogP contribution is -2.21. The van der Waals surface area contributed by atoms with E-state index in [4.69, 9.17) is 0 Å². The average Bonchev–Trinajstić information content (AvgIpc) is 3.20. The minimum absolute atomic E-state index is 0.105. The Morgan fingerprint density at radius 3 is 2.87 bits per heavy atom. The van der Waals surface area contributed by atoms with Crippen LogP contribution in [0.25, 0.3) is 0 Å². The van der Waals surface area contributed by atoms with Gasteiger partial charge in [-0.05, 0) is 18.9 Å². The summed E-state index contributed by atoms with van der Waals surface area (Å²) in [7, 11) is 1.75. The summed E-state index contributed by atoms with van der Waals surface area (Å²) < 4.78 is 27.6. The number of hydrogen-bond acceptors (Lipinski definition) is 3. The van der Waals surface area contributed by atoms with Gasteiger partial charge in [-0.2, -0.15) is 10.2 Å².